The Morgan fingerprint density at radius 2 is 1.97 bits per heavy atom. The molecule has 0 spiro atoms. The molecule has 3 aromatic rings. The standard InChI is InChI=1S/C27H35N9O3/c1-3-29-17-18(16-28)20-5-4-6-22(31-20)32-25(37)19-15-21-23(34-26(39-21)36-13-9-30-10-14-36)33-24(19)35-11-7-27(2,38)8-12-35/h4-6,15-17,30,38H,3,7-14,28H2,1-2H3,(H,31,32,37). The molecule has 0 aliphatic carbocycles. The minimum Gasteiger partial charge on any atom is -0.422 e. The van der Waals surface area contributed by atoms with Crippen LogP contribution in [0.5, 0.6) is 0 Å². The van der Waals surface area contributed by atoms with Crippen molar-refractivity contribution in [3.05, 3.63) is 41.7 Å². The van der Waals surface area contributed by atoms with E-state index in [1.807, 2.05) is 18.7 Å². The number of aliphatic hydroxyl groups is 1. The number of nitrogens with zero attached hydrogens (tertiary/aromatic N) is 6. The van der Waals surface area contributed by atoms with Crippen LogP contribution in [-0.4, -0.2) is 83.6 Å². The zero-order chi connectivity index (χ0) is 27.4. The highest BCUT2D eigenvalue weighted by atomic mass is 16.4. The second-order valence-electron chi connectivity index (χ2n) is 10.0. The van der Waals surface area contributed by atoms with E-state index in [9.17, 15) is 9.90 Å². The fourth-order valence-electron chi connectivity index (χ4n) is 4.68. The number of piperazine rings is 1. The van der Waals surface area contributed by atoms with Crippen molar-refractivity contribution in [2.75, 3.05) is 60.9 Å². The lowest BCUT2D eigenvalue weighted by Crippen LogP contribution is -2.43. The van der Waals surface area contributed by atoms with Crippen molar-refractivity contribution in [2.24, 2.45) is 10.7 Å². The molecule has 0 bridgehead atoms. The summed E-state index contributed by atoms with van der Waals surface area (Å²) in [5, 5.41) is 16.7. The highest BCUT2D eigenvalue weighted by Crippen LogP contribution is 2.31. The summed E-state index contributed by atoms with van der Waals surface area (Å²) < 4.78 is 6.06. The molecule has 206 valence electrons. The van der Waals surface area contributed by atoms with Crippen molar-refractivity contribution < 1.29 is 14.3 Å². The summed E-state index contributed by atoms with van der Waals surface area (Å²) in [5.41, 5.74) is 7.51. The molecule has 2 saturated heterocycles. The Balaban J connectivity index is 1.48. The number of carbonyl (C=O) groups is 1. The van der Waals surface area contributed by atoms with E-state index in [0.29, 0.717) is 78.2 Å². The van der Waals surface area contributed by atoms with E-state index in [-0.39, 0.29) is 5.91 Å². The van der Waals surface area contributed by atoms with Crippen LogP contribution >= 0.6 is 0 Å². The first-order chi connectivity index (χ1) is 18.9. The largest absolute Gasteiger partial charge is 0.422 e. The number of aromatic nitrogens is 3. The average molecular weight is 534 g/mol. The van der Waals surface area contributed by atoms with Crippen molar-refractivity contribution in [1.29, 1.82) is 0 Å². The Hall–Kier alpha value is -4.03. The van der Waals surface area contributed by atoms with Crippen LogP contribution in [0.2, 0.25) is 0 Å². The molecule has 2 fully saturated rings. The van der Waals surface area contributed by atoms with Crippen LogP contribution in [0.4, 0.5) is 17.7 Å². The highest BCUT2D eigenvalue weighted by Gasteiger charge is 2.31. The van der Waals surface area contributed by atoms with E-state index in [1.165, 1.54) is 6.20 Å². The lowest BCUT2D eigenvalue weighted by molar-refractivity contribution is 0.0350. The van der Waals surface area contributed by atoms with Gasteiger partial charge in [-0.3, -0.25) is 9.79 Å². The van der Waals surface area contributed by atoms with E-state index in [2.05, 4.69) is 30.5 Å². The number of rotatable bonds is 7. The molecule has 0 saturated carbocycles. The number of oxazole rings is 1. The molecule has 5 heterocycles. The second-order valence-corrected chi connectivity index (χ2v) is 10.0. The van der Waals surface area contributed by atoms with E-state index in [1.54, 1.807) is 30.5 Å². The molecule has 0 unspecified atom stereocenters. The van der Waals surface area contributed by atoms with Crippen LogP contribution in [0.25, 0.3) is 16.8 Å². The van der Waals surface area contributed by atoms with Gasteiger partial charge in [0.15, 0.2) is 5.58 Å². The molecular weight excluding hydrogens is 498 g/mol. The molecule has 2 aliphatic rings. The molecule has 3 aromatic heterocycles. The van der Waals surface area contributed by atoms with Crippen LogP contribution < -0.4 is 26.2 Å². The van der Waals surface area contributed by atoms with E-state index in [4.69, 9.17) is 15.1 Å². The first kappa shape index (κ1) is 26.6. The summed E-state index contributed by atoms with van der Waals surface area (Å²) in [4.78, 5) is 36.0. The van der Waals surface area contributed by atoms with Crippen molar-refractivity contribution in [1.82, 2.24) is 20.3 Å². The van der Waals surface area contributed by atoms with Gasteiger partial charge in [0, 0.05) is 69.9 Å². The molecule has 5 rings (SSSR count). The zero-order valence-corrected chi connectivity index (χ0v) is 22.4. The number of amides is 1. The number of carbonyl (C=O) groups excluding carboxylic acids is 1. The number of piperidine rings is 1. The number of hydrogen-bond donors (Lipinski definition) is 4. The van der Waals surface area contributed by atoms with Crippen molar-refractivity contribution >= 4 is 46.6 Å². The van der Waals surface area contributed by atoms with Crippen molar-refractivity contribution in [3.8, 4) is 0 Å². The predicted octanol–water partition coefficient (Wildman–Crippen LogP) is 2.02. The van der Waals surface area contributed by atoms with Gasteiger partial charge in [0.2, 0.25) is 5.65 Å². The van der Waals surface area contributed by atoms with Gasteiger partial charge in [-0.05, 0) is 38.8 Å². The van der Waals surface area contributed by atoms with Crippen molar-refractivity contribution in [3.63, 3.8) is 0 Å². The fraction of sp³-hybridized carbons (Fsp3) is 0.444. The number of anilines is 3. The average Bonchev–Trinajstić information content (AvgIpc) is 3.37. The lowest BCUT2D eigenvalue weighted by Gasteiger charge is -2.37. The third kappa shape index (κ3) is 6.02. The van der Waals surface area contributed by atoms with Gasteiger partial charge in [0.05, 0.1) is 16.9 Å². The number of allylic oxidation sites excluding steroid dienone is 1. The van der Waals surface area contributed by atoms with Gasteiger partial charge in [-0.2, -0.15) is 4.98 Å². The van der Waals surface area contributed by atoms with Crippen LogP contribution in [0.1, 0.15) is 42.7 Å². The van der Waals surface area contributed by atoms with Crippen LogP contribution in [0.3, 0.4) is 0 Å². The summed E-state index contributed by atoms with van der Waals surface area (Å²) in [6, 6.07) is 7.51. The number of nitrogens with one attached hydrogen (secondary N) is 2. The Bertz CT molecular complexity index is 1380. The normalized spacial score (nSPS) is 18.2. The molecule has 0 radical (unpaired) electrons. The maximum atomic E-state index is 13.7. The molecule has 39 heavy (non-hydrogen) atoms. The Morgan fingerprint density at radius 3 is 2.69 bits per heavy atom. The molecule has 1 amide bonds. The number of fused-ring (bicyclic) bond motifs is 1. The summed E-state index contributed by atoms with van der Waals surface area (Å²) >= 11 is 0. The fourth-order valence-corrected chi connectivity index (χ4v) is 4.68. The monoisotopic (exact) mass is 533 g/mol. The lowest BCUT2D eigenvalue weighted by atomic mass is 9.93. The van der Waals surface area contributed by atoms with Gasteiger partial charge in [0.1, 0.15) is 11.6 Å². The molecular formula is C27H35N9O3. The third-order valence-electron chi connectivity index (χ3n) is 7.00. The topological polar surface area (TPSA) is 158 Å². The number of pyridine rings is 2. The molecule has 12 nitrogen and oxygen atoms in total. The van der Waals surface area contributed by atoms with E-state index >= 15 is 0 Å². The number of aliphatic imine (C=N–C) groups is 1. The molecule has 5 N–H and O–H groups in total. The smallest absolute Gasteiger partial charge is 0.300 e. The Kier molecular flexibility index (Phi) is 7.75. The minimum absolute atomic E-state index is 0.349. The molecule has 0 atom stereocenters. The summed E-state index contributed by atoms with van der Waals surface area (Å²) in [5.74, 6) is 0.500. The molecule has 2 aliphatic heterocycles. The van der Waals surface area contributed by atoms with E-state index < -0.39 is 5.60 Å². The van der Waals surface area contributed by atoms with Crippen LogP contribution in [0.15, 0.2) is 39.9 Å². The first-order valence-electron chi connectivity index (χ1n) is 13.3. The number of hydrogen-bond acceptors (Lipinski definition) is 11. The molecule has 12 heteroatoms. The summed E-state index contributed by atoms with van der Waals surface area (Å²) in [6.45, 7) is 8.74. The quantitative estimate of drug-likeness (QED) is 0.331. The van der Waals surface area contributed by atoms with Gasteiger partial charge >= 0.3 is 0 Å². The Labute approximate surface area is 227 Å². The van der Waals surface area contributed by atoms with E-state index in [0.717, 1.165) is 26.2 Å². The van der Waals surface area contributed by atoms with Gasteiger partial charge in [-0.15, -0.1) is 0 Å². The first-order valence-corrected chi connectivity index (χ1v) is 13.3. The maximum absolute atomic E-state index is 13.7. The van der Waals surface area contributed by atoms with Gasteiger partial charge in [0.25, 0.3) is 11.9 Å². The van der Waals surface area contributed by atoms with Gasteiger partial charge < -0.3 is 35.7 Å². The third-order valence-corrected chi connectivity index (χ3v) is 7.00. The second kappa shape index (κ2) is 11.4. The molecule has 0 aromatic carbocycles. The SMILES string of the molecule is CCN=CC(=CN)c1cccc(NC(=O)c2cc3oc(N4CCNCC4)nc3nc2N2CCC(C)(O)CC2)n1. The summed E-state index contributed by atoms with van der Waals surface area (Å²) in [7, 11) is 0. The van der Waals surface area contributed by atoms with Crippen LogP contribution in [-0.2, 0) is 0 Å². The zero-order valence-electron chi connectivity index (χ0n) is 22.4. The minimum atomic E-state index is -0.744. The predicted molar refractivity (Wildman–Crippen MR) is 152 cm³/mol. The van der Waals surface area contributed by atoms with Crippen molar-refractivity contribution in [2.45, 2.75) is 32.3 Å². The maximum Gasteiger partial charge on any atom is 0.300 e. The summed E-state index contributed by atoms with van der Waals surface area (Å²) in [6.07, 6.45) is 4.23. The highest BCUT2D eigenvalue weighted by molar-refractivity contribution is 6.10. The number of nitrogens with two attached hydrogens (primary N) is 1. The van der Waals surface area contributed by atoms with Gasteiger partial charge in [-0.25, -0.2) is 9.97 Å². The Morgan fingerprint density at radius 1 is 1.21 bits per heavy atom. The van der Waals surface area contributed by atoms with Gasteiger partial charge in [-0.1, -0.05) is 6.07 Å². The van der Waals surface area contributed by atoms with Crippen LogP contribution in [0, 0.1) is 0 Å².